The van der Waals surface area contributed by atoms with Crippen molar-refractivity contribution in [2.45, 2.75) is 57.9 Å². The molecule has 0 aromatic rings. The first-order valence-electron chi connectivity index (χ1n) is 8.25. The predicted octanol–water partition coefficient (Wildman–Crippen LogP) is 2.66. The molecule has 0 aromatic carbocycles. The zero-order valence-electron chi connectivity index (χ0n) is 12.9. The van der Waals surface area contributed by atoms with Crippen LogP contribution in [0.25, 0.3) is 0 Å². The lowest BCUT2D eigenvalue weighted by Gasteiger charge is -2.33. The van der Waals surface area contributed by atoms with E-state index in [4.69, 9.17) is 4.74 Å². The van der Waals surface area contributed by atoms with E-state index < -0.39 is 0 Å². The molecule has 3 nitrogen and oxygen atoms in total. The van der Waals surface area contributed by atoms with Crippen LogP contribution in [0.2, 0.25) is 0 Å². The lowest BCUT2D eigenvalue weighted by atomic mass is 9.97. The molecule has 112 valence electrons. The smallest absolute Gasteiger partial charge is 0.0593 e. The summed E-state index contributed by atoms with van der Waals surface area (Å²) >= 11 is 0. The van der Waals surface area contributed by atoms with Crippen molar-refractivity contribution in [3.8, 4) is 0 Å². The third-order valence-corrected chi connectivity index (χ3v) is 4.63. The van der Waals surface area contributed by atoms with Gasteiger partial charge in [-0.2, -0.15) is 0 Å². The molecule has 1 spiro atoms. The van der Waals surface area contributed by atoms with Crippen LogP contribution >= 0.6 is 0 Å². The maximum atomic E-state index is 5.78. The summed E-state index contributed by atoms with van der Waals surface area (Å²) in [6, 6.07) is 0. The maximum absolute atomic E-state index is 5.78. The molecular weight excluding hydrogens is 236 g/mol. The summed E-state index contributed by atoms with van der Waals surface area (Å²) in [6.07, 6.45) is 8.03. The van der Waals surface area contributed by atoms with Gasteiger partial charge in [0.15, 0.2) is 0 Å². The van der Waals surface area contributed by atoms with Crippen molar-refractivity contribution < 1.29 is 4.74 Å². The van der Waals surface area contributed by atoms with E-state index in [1.807, 2.05) is 0 Å². The van der Waals surface area contributed by atoms with Crippen LogP contribution in [0.3, 0.4) is 0 Å². The lowest BCUT2D eigenvalue weighted by molar-refractivity contribution is 0.0894. The van der Waals surface area contributed by atoms with Gasteiger partial charge in [0.1, 0.15) is 0 Å². The van der Waals surface area contributed by atoms with E-state index >= 15 is 0 Å². The van der Waals surface area contributed by atoms with Crippen molar-refractivity contribution in [2.75, 3.05) is 39.4 Å². The fourth-order valence-electron chi connectivity index (χ4n) is 3.41. The quantitative estimate of drug-likeness (QED) is 0.750. The average molecular weight is 268 g/mol. The summed E-state index contributed by atoms with van der Waals surface area (Å²) in [5, 5.41) is 3.82. The summed E-state index contributed by atoms with van der Waals surface area (Å²) < 4.78 is 5.78. The topological polar surface area (TPSA) is 24.5 Å². The van der Waals surface area contributed by atoms with Crippen LogP contribution in [0.4, 0.5) is 0 Å². The molecule has 2 rings (SSSR count). The van der Waals surface area contributed by atoms with Gasteiger partial charge in [-0.25, -0.2) is 0 Å². The van der Waals surface area contributed by atoms with Crippen LogP contribution in [-0.2, 0) is 4.74 Å². The molecule has 2 aliphatic rings. The molecule has 1 saturated carbocycles. The maximum Gasteiger partial charge on any atom is 0.0593 e. The van der Waals surface area contributed by atoms with E-state index in [0.29, 0.717) is 5.54 Å². The van der Waals surface area contributed by atoms with Crippen LogP contribution in [0, 0.1) is 5.92 Å². The SMILES string of the molecule is CC(C)CCOCCN1CCCNC2(CCCC2)C1. The number of nitrogens with zero attached hydrogens (tertiary/aromatic N) is 1. The molecule has 0 bridgehead atoms. The Balaban J connectivity index is 1.67. The van der Waals surface area contributed by atoms with E-state index in [1.165, 1.54) is 58.2 Å². The van der Waals surface area contributed by atoms with Crippen LogP contribution < -0.4 is 5.32 Å². The van der Waals surface area contributed by atoms with Crippen LogP contribution in [0.15, 0.2) is 0 Å². The van der Waals surface area contributed by atoms with Crippen LogP contribution in [0.5, 0.6) is 0 Å². The Bertz CT molecular complexity index is 249. The average Bonchev–Trinajstić information content (AvgIpc) is 2.71. The van der Waals surface area contributed by atoms with E-state index in [9.17, 15) is 0 Å². The zero-order chi connectivity index (χ0) is 13.6. The molecule has 1 heterocycles. The van der Waals surface area contributed by atoms with Crippen molar-refractivity contribution in [1.82, 2.24) is 10.2 Å². The largest absolute Gasteiger partial charge is 0.380 e. The molecule has 2 fully saturated rings. The molecule has 19 heavy (non-hydrogen) atoms. The summed E-state index contributed by atoms with van der Waals surface area (Å²) in [4.78, 5) is 2.63. The van der Waals surface area contributed by atoms with Crippen LogP contribution in [0.1, 0.15) is 52.4 Å². The van der Waals surface area contributed by atoms with Gasteiger partial charge in [0, 0.05) is 25.2 Å². The number of rotatable bonds is 6. The Morgan fingerprint density at radius 2 is 1.95 bits per heavy atom. The second-order valence-corrected chi connectivity index (χ2v) is 6.84. The summed E-state index contributed by atoms with van der Waals surface area (Å²) in [7, 11) is 0. The monoisotopic (exact) mass is 268 g/mol. The van der Waals surface area contributed by atoms with Gasteiger partial charge >= 0.3 is 0 Å². The second kappa shape index (κ2) is 7.61. The number of hydrogen-bond donors (Lipinski definition) is 1. The van der Waals surface area contributed by atoms with Crippen molar-refractivity contribution in [3.05, 3.63) is 0 Å². The fraction of sp³-hybridized carbons (Fsp3) is 1.00. The number of nitrogens with one attached hydrogen (secondary N) is 1. The van der Waals surface area contributed by atoms with Crippen LogP contribution in [-0.4, -0.2) is 49.8 Å². The second-order valence-electron chi connectivity index (χ2n) is 6.84. The molecule has 1 aliphatic heterocycles. The van der Waals surface area contributed by atoms with Gasteiger partial charge in [-0.1, -0.05) is 26.7 Å². The zero-order valence-corrected chi connectivity index (χ0v) is 12.9. The highest BCUT2D eigenvalue weighted by atomic mass is 16.5. The van der Waals surface area contributed by atoms with Gasteiger partial charge in [0.25, 0.3) is 0 Å². The summed E-state index contributed by atoms with van der Waals surface area (Å²) in [5.41, 5.74) is 0.439. The predicted molar refractivity (Wildman–Crippen MR) is 80.5 cm³/mol. The standard InChI is InChI=1S/C16H32N2O/c1-15(2)6-12-19-13-11-18-10-5-9-17-16(14-18)7-3-4-8-16/h15,17H,3-14H2,1-2H3. The van der Waals surface area contributed by atoms with E-state index in [0.717, 1.165) is 25.7 Å². The van der Waals surface area contributed by atoms with E-state index in [-0.39, 0.29) is 0 Å². The first kappa shape index (κ1) is 15.3. The van der Waals surface area contributed by atoms with Crippen molar-refractivity contribution in [2.24, 2.45) is 5.92 Å². The minimum atomic E-state index is 0.439. The first-order chi connectivity index (χ1) is 9.20. The minimum Gasteiger partial charge on any atom is -0.380 e. The van der Waals surface area contributed by atoms with Gasteiger partial charge in [0.2, 0.25) is 0 Å². The molecular formula is C16H32N2O. The molecule has 1 aliphatic carbocycles. The highest BCUT2D eigenvalue weighted by Gasteiger charge is 2.36. The van der Waals surface area contributed by atoms with Crippen molar-refractivity contribution in [1.29, 1.82) is 0 Å². The summed E-state index contributed by atoms with van der Waals surface area (Å²) in [5.74, 6) is 0.754. The number of hydrogen-bond acceptors (Lipinski definition) is 3. The Morgan fingerprint density at radius 1 is 1.16 bits per heavy atom. The summed E-state index contributed by atoms with van der Waals surface area (Å²) in [6.45, 7) is 11.1. The Morgan fingerprint density at radius 3 is 2.68 bits per heavy atom. The molecule has 0 radical (unpaired) electrons. The van der Waals surface area contributed by atoms with Gasteiger partial charge in [0.05, 0.1) is 6.61 Å². The third-order valence-electron chi connectivity index (χ3n) is 4.63. The minimum absolute atomic E-state index is 0.439. The molecule has 0 amide bonds. The van der Waals surface area contributed by atoms with Gasteiger partial charge in [-0.05, 0) is 44.7 Å². The first-order valence-corrected chi connectivity index (χ1v) is 8.25. The molecule has 3 heteroatoms. The van der Waals surface area contributed by atoms with E-state index in [2.05, 4.69) is 24.1 Å². The third kappa shape index (κ3) is 5.05. The highest BCUT2D eigenvalue weighted by Crippen LogP contribution is 2.31. The Labute approximate surface area is 119 Å². The van der Waals surface area contributed by atoms with E-state index in [1.54, 1.807) is 0 Å². The van der Waals surface area contributed by atoms with Gasteiger partial charge < -0.3 is 10.1 Å². The van der Waals surface area contributed by atoms with Gasteiger partial charge in [-0.15, -0.1) is 0 Å². The van der Waals surface area contributed by atoms with Crippen molar-refractivity contribution >= 4 is 0 Å². The molecule has 1 N–H and O–H groups in total. The molecule has 0 atom stereocenters. The Hall–Kier alpha value is -0.120. The molecule has 0 aromatic heterocycles. The number of ether oxygens (including phenoxy) is 1. The fourth-order valence-corrected chi connectivity index (χ4v) is 3.41. The molecule has 1 saturated heterocycles. The Kier molecular flexibility index (Phi) is 6.11. The normalized spacial score (nSPS) is 24.2. The van der Waals surface area contributed by atoms with Crippen molar-refractivity contribution in [3.63, 3.8) is 0 Å². The van der Waals surface area contributed by atoms with Gasteiger partial charge in [-0.3, -0.25) is 4.90 Å². The highest BCUT2D eigenvalue weighted by molar-refractivity contribution is 4.96. The lowest BCUT2D eigenvalue weighted by Crippen LogP contribution is -2.49. The molecule has 0 unspecified atom stereocenters.